The highest BCUT2D eigenvalue weighted by atomic mass is 16.5. The largest absolute Gasteiger partial charge is 0.508 e. The predicted octanol–water partition coefficient (Wildman–Crippen LogP) is 12.2. The number of para-hydroxylation sites is 1. The number of carboxylic acids is 2. The summed E-state index contributed by atoms with van der Waals surface area (Å²) in [5.74, 6) is 17.8. The molecule has 0 amide bonds. The van der Waals surface area contributed by atoms with Crippen LogP contribution in [0.1, 0.15) is 118 Å². The molecule has 2 aliphatic carbocycles. The highest BCUT2D eigenvalue weighted by Crippen LogP contribution is 2.64. The van der Waals surface area contributed by atoms with Crippen LogP contribution in [-0.2, 0) is 33.9 Å². The van der Waals surface area contributed by atoms with E-state index in [0.29, 0.717) is 35.8 Å². The van der Waals surface area contributed by atoms with Gasteiger partial charge >= 0.3 is 11.9 Å². The van der Waals surface area contributed by atoms with E-state index in [9.17, 15) is 45.3 Å². The zero-order chi connectivity index (χ0) is 69.4. The number of ether oxygens (including phenoxy) is 3. The van der Waals surface area contributed by atoms with Crippen LogP contribution in [0.15, 0.2) is 170 Å². The van der Waals surface area contributed by atoms with Crippen LogP contribution in [0.4, 0.5) is 0 Å². The summed E-state index contributed by atoms with van der Waals surface area (Å²) in [5, 5.41) is 113. The highest BCUT2D eigenvalue weighted by molar-refractivity contribution is 5.90. The Morgan fingerprint density at radius 2 is 0.779 bits per heavy atom. The average molecular weight is 1280 g/mol. The van der Waals surface area contributed by atoms with E-state index < -0.39 is 11.9 Å². The van der Waals surface area contributed by atoms with E-state index >= 15 is 0 Å². The first-order valence-corrected chi connectivity index (χ1v) is 29.5. The Kier molecular flexibility index (Phi) is 22.9. The molecule has 95 heavy (non-hydrogen) atoms. The molecule has 18 heteroatoms. The number of rotatable bonds is 8. The standard InChI is InChI=1S/C30H18O3.C21H24O4.C11H14O5.C8H11NO2.C7H6O3/c31-28-13-7-22(8-14-28)1-4-25-19-26(5-2-23-9-15-29(32)16-10-23)21-27(20-25)6-3-24-11-17-30(33)18-12-24;1-19(2)9-21(13-7-17(24)15(22)5-11(13)19)10-20(3,4)12-6-16(23)18(25)8-14(12)21;1-14-8-4-7(6-10(12)13)5-9(15-2)11(8)16-3;9-4-3-6-1-2-7(10)8(11)5-6;8-6-4-2-1-3-5(6)7(9)10/h7-21,31-33H;5-8,22-25H,9-10H2,1-4H3;4-5H,6H2,1-3H3,(H,12,13);1-2,5,10-11H,3-4,9H2;1-4,8H,(H,9,10). The lowest BCUT2D eigenvalue weighted by Gasteiger charge is -2.30. The summed E-state index contributed by atoms with van der Waals surface area (Å²) >= 11 is 0. The minimum absolute atomic E-state index is 0.0671. The Bertz CT molecular complexity index is 4150. The maximum absolute atomic E-state index is 10.6. The van der Waals surface area contributed by atoms with Gasteiger partial charge < -0.3 is 81.2 Å². The second-order valence-electron chi connectivity index (χ2n) is 23.5. The number of hydrogen-bond acceptors (Lipinski definition) is 16. The number of benzene rings is 9. The van der Waals surface area contributed by atoms with E-state index in [-0.39, 0.29) is 85.7 Å². The second-order valence-corrected chi connectivity index (χ2v) is 23.5. The van der Waals surface area contributed by atoms with Crippen LogP contribution in [0.25, 0.3) is 0 Å². The van der Waals surface area contributed by atoms with Gasteiger partial charge in [-0.25, -0.2) is 4.79 Å². The van der Waals surface area contributed by atoms with Gasteiger partial charge in [-0.3, -0.25) is 4.79 Å². The van der Waals surface area contributed by atoms with Gasteiger partial charge in [0.2, 0.25) is 5.75 Å². The van der Waals surface area contributed by atoms with Crippen LogP contribution in [0, 0.1) is 35.5 Å². The number of carbonyl (C=O) groups is 2. The molecule has 9 aromatic rings. The van der Waals surface area contributed by atoms with Crippen molar-refractivity contribution in [3.8, 4) is 110 Å². The van der Waals surface area contributed by atoms with Gasteiger partial charge in [-0.2, -0.15) is 0 Å². The molecular weight excluding hydrogens is 1210 g/mol. The normalized spacial score (nSPS) is 12.6. The van der Waals surface area contributed by atoms with Gasteiger partial charge in [-0.05, 0) is 222 Å². The van der Waals surface area contributed by atoms with Crippen LogP contribution < -0.4 is 19.9 Å². The van der Waals surface area contributed by atoms with Crippen LogP contribution in [0.2, 0.25) is 0 Å². The summed E-state index contributed by atoms with van der Waals surface area (Å²) < 4.78 is 15.3. The lowest BCUT2D eigenvalue weighted by atomic mass is 9.72. The smallest absolute Gasteiger partial charge is 0.339 e. The predicted molar refractivity (Wildman–Crippen MR) is 359 cm³/mol. The third-order valence-corrected chi connectivity index (χ3v) is 15.5. The minimum atomic E-state index is -1.11. The van der Waals surface area contributed by atoms with Gasteiger partial charge in [0.15, 0.2) is 46.0 Å². The molecule has 0 radical (unpaired) electrons. The van der Waals surface area contributed by atoms with E-state index in [1.165, 1.54) is 45.6 Å². The second kappa shape index (κ2) is 30.9. The van der Waals surface area contributed by atoms with Gasteiger partial charge in [-0.15, -0.1) is 0 Å². The highest BCUT2D eigenvalue weighted by Gasteiger charge is 2.57. The molecule has 11 rings (SSSR count). The van der Waals surface area contributed by atoms with Crippen molar-refractivity contribution in [2.24, 2.45) is 5.73 Å². The zero-order valence-electron chi connectivity index (χ0n) is 53.2. The van der Waals surface area contributed by atoms with Crippen molar-refractivity contribution in [2.75, 3.05) is 27.9 Å². The SMILES string of the molecule is CC1(C)CC2(CC(C)(C)c3cc(O)c(O)cc32)c2cc(O)c(O)cc21.COc1cc(CC(=O)O)cc(OC)c1OC.NCCc1ccc(O)c(O)c1.O=C(O)c1ccccc1O.Oc1ccc(C#Cc2cc(C#Cc3ccc(O)cc3)cc(C#Cc3ccc(O)cc3)c2)cc1. The van der Waals surface area contributed by atoms with E-state index in [0.717, 1.165) is 74.0 Å². The number of methoxy groups -OCH3 is 3. The third-order valence-electron chi connectivity index (χ3n) is 15.5. The van der Waals surface area contributed by atoms with Crippen LogP contribution in [-0.4, -0.2) is 101 Å². The van der Waals surface area contributed by atoms with Crippen LogP contribution in [0.5, 0.6) is 74.7 Å². The van der Waals surface area contributed by atoms with Crippen molar-refractivity contribution in [3.63, 3.8) is 0 Å². The Balaban J connectivity index is 0.000000181. The number of nitrogens with two attached hydrogens (primary N) is 1. The summed E-state index contributed by atoms with van der Waals surface area (Å²) in [6, 6.07) is 46.2. The van der Waals surface area contributed by atoms with Crippen molar-refractivity contribution in [1.29, 1.82) is 0 Å². The summed E-state index contributed by atoms with van der Waals surface area (Å²) in [5.41, 5.74) is 14.8. The number of aromatic hydroxyl groups is 10. The quantitative estimate of drug-likeness (QED) is 0.0496. The van der Waals surface area contributed by atoms with Gasteiger partial charge in [-0.1, -0.05) is 81.4 Å². The number of phenolic OH excluding ortho intramolecular Hbond substituents is 9. The molecule has 14 N–H and O–H groups in total. The molecule has 0 fully saturated rings. The lowest BCUT2D eigenvalue weighted by Crippen LogP contribution is -2.26. The number of aromatic carboxylic acids is 1. The summed E-state index contributed by atoms with van der Waals surface area (Å²) in [4.78, 5) is 20.9. The van der Waals surface area contributed by atoms with E-state index in [1.807, 2.05) is 18.2 Å². The van der Waals surface area contributed by atoms with E-state index in [1.54, 1.807) is 127 Å². The first-order valence-electron chi connectivity index (χ1n) is 29.5. The fourth-order valence-electron chi connectivity index (χ4n) is 11.2. The third kappa shape index (κ3) is 18.1. The van der Waals surface area contributed by atoms with Crippen molar-refractivity contribution in [3.05, 3.63) is 242 Å². The number of phenols is 10. The van der Waals surface area contributed by atoms with Gasteiger partial charge in [0.25, 0.3) is 0 Å². The number of aliphatic carboxylic acids is 1. The molecule has 0 heterocycles. The number of carboxylic acid groups (broad SMARTS) is 2. The van der Waals surface area contributed by atoms with Crippen molar-refractivity contribution < 1.29 is 85.1 Å². The molecule has 0 bridgehead atoms. The van der Waals surface area contributed by atoms with Gasteiger partial charge in [0.05, 0.1) is 27.8 Å². The number of hydrogen-bond donors (Lipinski definition) is 13. The van der Waals surface area contributed by atoms with Crippen molar-refractivity contribution in [1.82, 2.24) is 0 Å². The monoisotopic (exact) mass is 1280 g/mol. The maximum atomic E-state index is 10.6. The molecule has 9 aromatic carbocycles. The molecule has 1 spiro atoms. The Morgan fingerprint density at radius 1 is 0.411 bits per heavy atom. The maximum Gasteiger partial charge on any atom is 0.339 e. The Morgan fingerprint density at radius 3 is 1.11 bits per heavy atom. The molecular formula is C77H73NO17. The van der Waals surface area contributed by atoms with Crippen molar-refractivity contribution in [2.45, 2.75) is 69.6 Å². The number of fused-ring (bicyclic) bond motifs is 4. The van der Waals surface area contributed by atoms with Crippen LogP contribution in [0.3, 0.4) is 0 Å². The summed E-state index contributed by atoms with van der Waals surface area (Å²) in [6.45, 7) is 9.11. The molecule has 0 aliphatic heterocycles. The fourth-order valence-corrected chi connectivity index (χ4v) is 11.2. The fraction of sp³-hybridized carbons (Fsp3) is 0.195. The Labute approximate surface area is 550 Å². The van der Waals surface area contributed by atoms with E-state index in [2.05, 4.69) is 63.2 Å². The molecule has 488 valence electrons. The molecule has 2 aliphatic rings. The zero-order valence-corrected chi connectivity index (χ0v) is 53.2. The van der Waals surface area contributed by atoms with E-state index in [4.69, 9.17) is 45.5 Å². The molecule has 18 nitrogen and oxygen atoms in total. The summed E-state index contributed by atoms with van der Waals surface area (Å²) in [6.07, 6.45) is 2.27. The topological polar surface area (TPSA) is 331 Å². The molecule has 0 atom stereocenters. The lowest BCUT2D eigenvalue weighted by molar-refractivity contribution is -0.136. The average Bonchev–Trinajstić information content (AvgIpc) is 1.53. The first-order chi connectivity index (χ1) is 45.1. The minimum Gasteiger partial charge on any atom is -0.508 e. The summed E-state index contributed by atoms with van der Waals surface area (Å²) in [7, 11) is 4.47. The van der Waals surface area contributed by atoms with Crippen molar-refractivity contribution >= 4 is 11.9 Å². The molecule has 0 saturated carbocycles. The Hall–Kier alpha value is -12.0. The molecule has 0 aromatic heterocycles. The first kappa shape index (κ1) is 70.4. The van der Waals surface area contributed by atoms with Gasteiger partial charge in [0, 0.05) is 38.8 Å². The molecule has 0 saturated heterocycles. The van der Waals surface area contributed by atoms with Crippen LogP contribution >= 0.6 is 0 Å². The van der Waals surface area contributed by atoms with Gasteiger partial charge in [0.1, 0.15) is 28.6 Å². The molecule has 0 unspecified atom stereocenters.